The van der Waals surface area contributed by atoms with Crippen molar-refractivity contribution in [3.63, 3.8) is 0 Å². The fraction of sp³-hybridized carbons (Fsp3) is 0.526. The molecule has 0 saturated carbocycles. The third kappa shape index (κ3) is 3.74. The summed E-state index contributed by atoms with van der Waals surface area (Å²) >= 11 is 0. The van der Waals surface area contributed by atoms with Crippen LogP contribution in [0.2, 0.25) is 0 Å². The van der Waals surface area contributed by atoms with Gasteiger partial charge >= 0.3 is 6.03 Å². The first-order valence-electron chi connectivity index (χ1n) is 9.90. The number of hydrogen-bond donors (Lipinski definition) is 0. The van der Waals surface area contributed by atoms with Gasteiger partial charge in [0, 0.05) is 51.2 Å². The molecule has 10 heteroatoms. The number of carbonyl (C=O) groups is 1. The monoisotopic (exact) mass is 418 g/mol. The second-order valence-electron chi connectivity index (χ2n) is 7.53. The molecule has 2 saturated heterocycles. The van der Waals surface area contributed by atoms with Crippen LogP contribution >= 0.6 is 0 Å². The zero-order valence-electron chi connectivity index (χ0n) is 16.8. The van der Waals surface area contributed by atoms with Crippen molar-refractivity contribution in [1.29, 1.82) is 0 Å². The van der Waals surface area contributed by atoms with Gasteiger partial charge in [-0.2, -0.15) is 14.1 Å². The van der Waals surface area contributed by atoms with Crippen LogP contribution in [-0.2, 0) is 10.0 Å². The van der Waals surface area contributed by atoms with E-state index in [0.29, 0.717) is 45.1 Å². The van der Waals surface area contributed by atoms with Gasteiger partial charge in [-0.15, -0.1) is 0 Å². The highest BCUT2D eigenvalue weighted by Gasteiger charge is 2.33. The molecule has 0 unspecified atom stereocenters. The molecular formula is C19H26N6O3S. The van der Waals surface area contributed by atoms with Gasteiger partial charge < -0.3 is 9.80 Å². The Bertz CT molecular complexity index is 1000. The van der Waals surface area contributed by atoms with Crippen molar-refractivity contribution in [2.75, 3.05) is 44.2 Å². The number of sulfonamides is 1. The minimum absolute atomic E-state index is 0.152. The van der Waals surface area contributed by atoms with E-state index in [1.165, 1.54) is 8.99 Å². The summed E-state index contributed by atoms with van der Waals surface area (Å²) in [6.45, 7) is 6.84. The molecule has 0 N–H and O–H groups in total. The van der Waals surface area contributed by atoms with Gasteiger partial charge in [-0.3, -0.25) is 0 Å². The van der Waals surface area contributed by atoms with Crippen molar-refractivity contribution in [2.24, 2.45) is 0 Å². The molecule has 0 atom stereocenters. The van der Waals surface area contributed by atoms with Crippen LogP contribution in [0.3, 0.4) is 0 Å². The maximum atomic E-state index is 13.1. The van der Waals surface area contributed by atoms with Gasteiger partial charge in [0.15, 0.2) is 0 Å². The van der Waals surface area contributed by atoms with Crippen LogP contribution in [0.15, 0.2) is 29.3 Å². The lowest BCUT2D eigenvalue weighted by Gasteiger charge is -2.36. The third-order valence-corrected chi connectivity index (χ3v) is 7.39. The van der Waals surface area contributed by atoms with Gasteiger partial charge in [-0.1, -0.05) is 0 Å². The standard InChI is InChI=1S/C19H26N6O3S/c1-15-14-16(2)25(21-15)19(26)23-12-10-22(11-13-23)18-17(6-5-7-20-18)29(27,28)24-8-3-4-9-24/h5-7,14H,3-4,8-13H2,1-2H3. The maximum Gasteiger partial charge on any atom is 0.345 e. The highest BCUT2D eigenvalue weighted by atomic mass is 32.2. The van der Waals surface area contributed by atoms with Crippen molar-refractivity contribution >= 4 is 21.9 Å². The smallest absolute Gasteiger partial charge is 0.345 e. The van der Waals surface area contributed by atoms with Crippen molar-refractivity contribution < 1.29 is 13.2 Å². The van der Waals surface area contributed by atoms with Crippen molar-refractivity contribution in [1.82, 2.24) is 24.0 Å². The van der Waals surface area contributed by atoms with Crippen molar-refractivity contribution in [2.45, 2.75) is 31.6 Å². The molecule has 4 heterocycles. The van der Waals surface area contributed by atoms with Crippen molar-refractivity contribution in [3.8, 4) is 0 Å². The zero-order valence-corrected chi connectivity index (χ0v) is 17.6. The first-order valence-corrected chi connectivity index (χ1v) is 11.3. The van der Waals surface area contributed by atoms with Crippen LogP contribution in [-0.4, -0.2) is 77.7 Å². The molecule has 2 aromatic heterocycles. The number of aryl methyl sites for hydroxylation is 2. The van der Waals surface area contributed by atoms with Gasteiger partial charge in [0.2, 0.25) is 10.0 Å². The Labute approximate surface area is 171 Å². The van der Waals surface area contributed by atoms with Crippen LogP contribution < -0.4 is 4.90 Å². The minimum Gasteiger partial charge on any atom is -0.352 e. The second-order valence-corrected chi connectivity index (χ2v) is 9.44. The predicted octanol–water partition coefficient (Wildman–Crippen LogP) is 1.47. The summed E-state index contributed by atoms with van der Waals surface area (Å²) in [6.07, 6.45) is 3.40. The molecule has 9 nitrogen and oxygen atoms in total. The Hall–Kier alpha value is -2.46. The average Bonchev–Trinajstić information content (AvgIpc) is 3.38. The summed E-state index contributed by atoms with van der Waals surface area (Å²) in [5.74, 6) is 0.470. The summed E-state index contributed by atoms with van der Waals surface area (Å²) in [6, 6.07) is 5.01. The van der Waals surface area contributed by atoms with Crippen LogP contribution in [0.5, 0.6) is 0 Å². The molecule has 1 amide bonds. The molecule has 2 aliphatic heterocycles. The molecule has 4 rings (SSSR count). The van der Waals surface area contributed by atoms with E-state index in [1.54, 1.807) is 23.2 Å². The topological polar surface area (TPSA) is 91.6 Å². The third-order valence-electron chi connectivity index (χ3n) is 5.47. The summed E-state index contributed by atoms with van der Waals surface area (Å²) < 4.78 is 29.1. The molecule has 2 aliphatic rings. The molecule has 156 valence electrons. The molecule has 0 aliphatic carbocycles. The lowest BCUT2D eigenvalue weighted by atomic mass is 10.3. The fourth-order valence-electron chi connectivity index (χ4n) is 3.95. The number of amides is 1. The van der Waals surface area contributed by atoms with Crippen LogP contribution in [0.1, 0.15) is 24.2 Å². The molecule has 0 bridgehead atoms. The molecule has 2 fully saturated rings. The summed E-state index contributed by atoms with van der Waals surface area (Å²) in [5, 5.41) is 4.27. The van der Waals surface area contributed by atoms with Crippen LogP contribution in [0, 0.1) is 13.8 Å². The number of anilines is 1. The quantitative estimate of drug-likeness (QED) is 0.750. The number of carbonyl (C=O) groups excluding carboxylic acids is 1. The van der Waals surface area contributed by atoms with Gasteiger partial charge in [-0.25, -0.2) is 18.2 Å². The van der Waals surface area contributed by atoms with E-state index >= 15 is 0 Å². The maximum absolute atomic E-state index is 13.1. The van der Waals surface area contributed by atoms with E-state index in [4.69, 9.17) is 0 Å². The van der Waals surface area contributed by atoms with E-state index in [2.05, 4.69) is 10.1 Å². The number of hydrogen-bond acceptors (Lipinski definition) is 6. The van der Waals surface area contributed by atoms with Gasteiger partial charge in [0.25, 0.3) is 0 Å². The summed E-state index contributed by atoms with van der Waals surface area (Å²) in [5.41, 5.74) is 1.61. The van der Waals surface area contributed by atoms with E-state index in [0.717, 1.165) is 24.2 Å². The minimum atomic E-state index is -3.56. The Morgan fingerprint density at radius 2 is 1.72 bits per heavy atom. The zero-order chi connectivity index (χ0) is 20.6. The fourth-order valence-corrected chi connectivity index (χ4v) is 5.63. The Kier molecular flexibility index (Phi) is 5.30. The van der Waals surface area contributed by atoms with E-state index in [9.17, 15) is 13.2 Å². The van der Waals surface area contributed by atoms with Gasteiger partial charge in [0.05, 0.1) is 5.69 Å². The Morgan fingerprint density at radius 1 is 1.03 bits per heavy atom. The average molecular weight is 419 g/mol. The first-order chi connectivity index (χ1) is 13.9. The highest BCUT2D eigenvalue weighted by molar-refractivity contribution is 7.89. The van der Waals surface area contributed by atoms with Crippen LogP contribution in [0.25, 0.3) is 0 Å². The molecule has 2 aromatic rings. The normalized spacial score (nSPS) is 18.4. The van der Waals surface area contributed by atoms with E-state index < -0.39 is 10.0 Å². The number of rotatable bonds is 3. The van der Waals surface area contributed by atoms with E-state index in [-0.39, 0.29) is 10.9 Å². The molecule has 0 spiro atoms. The molecule has 0 radical (unpaired) electrons. The van der Waals surface area contributed by atoms with Gasteiger partial charge in [-0.05, 0) is 44.9 Å². The van der Waals surface area contributed by atoms with Crippen LogP contribution in [0.4, 0.5) is 10.6 Å². The second kappa shape index (κ2) is 7.75. The number of pyridine rings is 1. The molecule has 0 aromatic carbocycles. The number of aromatic nitrogens is 3. The SMILES string of the molecule is Cc1cc(C)n(C(=O)N2CCN(c3ncccc3S(=O)(=O)N3CCCC3)CC2)n1. The lowest BCUT2D eigenvalue weighted by Crippen LogP contribution is -2.51. The molecular weight excluding hydrogens is 392 g/mol. The predicted molar refractivity (Wildman–Crippen MR) is 109 cm³/mol. The number of piperazine rings is 1. The summed E-state index contributed by atoms with van der Waals surface area (Å²) in [7, 11) is -3.56. The van der Waals surface area contributed by atoms with Gasteiger partial charge in [0.1, 0.15) is 10.7 Å². The Morgan fingerprint density at radius 3 is 2.34 bits per heavy atom. The van der Waals surface area contributed by atoms with E-state index in [1.807, 2.05) is 24.8 Å². The lowest BCUT2D eigenvalue weighted by molar-refractivity contribution is 0.192. The van der Waals surface area contributed by atoms with Crippen molar-refractivity contribution in [3.05, 3.63) is 35.8 Å². The summed E-state index contributed by atoms with van der Waals surface area (Å²) in [4.78, 5) is 21.1. The largest absolute Gasteiger partial charge is 0.352 e. The first kappa shape index (κ1) is 19.8. The molecule has 29 heavy (non-hydrogen) atoms. The number of nitrogens with zero attached hydrogens (tertiary/aromatic N) is 6. The highest BCUT2D eigenvalue weighted by Crippen LogP contribution is 2.28. The Balaban J connectivity index is 1.51.